The minimum atomic E-state index is -0.434. The fraction of sp³-hybridized carbons (Fsp3) is 0.941. The molecule has 2 N–H and O–H groups in total. The predicted molar refractivity (Wildman–Crippen MR) is 86.2 cm³/mol. The van der Waals surface area contributed by atoms with E-state index in [1.165, 1.54) is 12.8 Å². The number of likely N-dealkylation sites (N-methyl/N-ethyl adjacent to an activating group) is 1. The number of ether oxygens (including phenoxy) is 2. The van der Waals surface area contributed by atoms with Gasteiger partial charge >= 0.3 is 0 Å². The Morgan fingerprint density at radius 2 is 2.00 bits per heavy atom. The van der Waals surface area contributed by atoms with Crippen molar-refractivity contribution in [2.24, 2.45) is 0 Å². The van der Waals surface area contributed by atoms with E-state index >= 15 is 0 Å². The van der Waals surface area contributed by atoms with Crippen molar-refractivity contribution in [3.8, 4) is 0 Å². The fourth-order valence-electron chi connectivity index (χ4n) is 4.16. The Balaban J connectivity index is 1.49. The first-order valence-corrected chi connectivity index (χ1v) is 9.02. The predicted octanol–water partition coefficient (Wildman–Crippen LogP) is 0.674. The highest BCUT2D eigenvalue weighted by atomic mass is 16.5. The molecular weight excluding hydrogens is 296 g/mol. The number of aliphatic hydroxyl groups is 1. The molecule has 3 rings (SSSR count). The molecule has 0 bridgehead atoms. The Labute approximate surface area is 138 Å². The van der Waals surface area contributed by atoms with Gasteiger partial charge in [-0.1, -0.05) is 12.8 Å². The minimum Gasteiger partial charge on any atom is -0.389 e. The van der Waals surface area contributed by atoms with Crippen molar-refractivity contribution in [1.29, 1.82) is 0 Å². The summed E-state index contributed by atoms with van der Waals surface area (Å²) in [5.74, 6) is 0.121. The van der Waals surface area contributed by atoms with Gasteiger partial charge in [0.2, 0.25) is 5.91 Å². The lowest BCUT2D eigenvalue weighted by atomic mass is 9.95. The molecule has 0 aromatic heterocycles. The van der Waals surface area contributed by atoms with Crippen LogP contribution in [-0.4, -0.2) is 73.1 Å². The first-order chi connectivity index (χ1) is 11.1. The standard InChI is InChI=1S/C17H30N2O4/c1-19-9-13(20)10-22-11-16-15(19)7-6-14(23-16)8-17(21)18-12-4-2-3-5-12/h12-16,20H,2-11H2,1H3,(H,18,21)/t13-,14-,15+,16-/m0/s1. The van der Waals surface area contributed by atoms with Gasteiger partial charge < -0.3 is 19.9 Å². The molecular formula is C17H30N2O4. The number of hydrogen-bond acceptors (Lipinski definition) is 5. The zero-order valence-electron chi connectivity index (χ0n) is 14.1. The molecule has 1 aliphatic carbocycles. The Hall–Kier alpha value is -0.690. The van der Waals surface area contributed by atoms with Crippen LogP contribution in [0.5, 0.6) is 0 Å². The van der Waals surface area contributed by atoms with E-state index < -0.39 is 6.10 Å². The lowest BCUT2D eigenvalue weighted by molar-refractivity contribution is -0.153. The minimum absolute atomic E-state index is 0.00877. The summed E-state index contributed by atoms with van der Waals surface area (Å²) in [6.07, 6.45) is 6.55. The number of amides is 1. The van der Waals surface area contributed by atoms with E-state index in [0.29, 0.717) is 32.2 Å². The van der Waals surface area contributed by atoms with Crippen molar-refractivity contribution in [1.82, 2.24) is 10.2 Å². The Kier molecular flexibility index (Phi) is 5.91. The van der Waals surface area contributed by atoms with Crippen LogP contribution in [-0.2, 0) is 14.3 Å². The smallest absolute Gasteiger partial charge is 0.222 e. The fourth-order valence-corrected chi connectivity index (χ4v) is 4.16. The average Bonchev–Trinajstić information content (AvgIpc) is 2.98. The lowest BCUT2D eigenvalue weighted by Crippen LogP contribution is -2.54. The van der Waals surface area contributed by atoms with E-state index in [1.54, 1.807) is 0 Å². The van der Waals surface area contributed by atoms with Crippen molar-refractivity contribution in [2.45, 2.75) is 75.3 Å². The highest BCUT2D eigenvalue weighted by Gasteiger charge is 2.36. The number of nitrogens with zero attached hydrogens (tertiary/aromatic N) is 1. The summed E-state index contributed by atoms with van der Waals surface area (Å²) in [5.41, 5.74) is 0. The van der Waals surface area contributed by atoms with Gasteiger partial charge in [0, 0.05) is 18.6 Å². The van der Waals surface area contributed by atoms with Gasteiger partial charge in [0.15, 0.2) is 0 Å². The van der Waals surface area contributed by atoms with Crippen molar-refractivity contribution >= 4 is 5.91 Å². The molecule has 0 aromatic carbocycles. The molecule has 0 spiro atoms. The number of carbonyl (C=O) groups excluding carboxylic acids is 1. The Morgan fingerprint density at radius 1 is 1.22 bits per heavy atom. The number of fused-ring (bicyclic) bond motifs is 1. The van der Waals surface area contributed by atoms with Gasteiger partial charge in [-0.3, -0.25) is 9.69 Å². The maximum atomic E-state index is 12.2. The van der Waals surface area contributed by atoms with Gasteiger partial charge in [0.1, 0.15) is 0 Å². The van der Waals surface area contributed by atoms with Gasteiger partial charge in [0.25, 0.3) is 0 Å². The molecule has 0 radical (unpaired) electrons. The van der Waals surface area contributed by atoms with Gasteiger partial charge in [0.05, 0.1) is 37.9 Å². The van der Waals surface area contributed by atoms with Crippen LogP contribution in [0, 0.1) is 0 Å². The third-order valence-corrected chi connectivity index (χ3v) is 5.37. The van der Waals surface area contributed by atoms with E-state index in [1.807, 2.05) is 7.05 Å². The topological polar surface area (TPSA) is 71.0 Å². The summed E-state index contributed by atoms with van der Waals surface area (Å²) in [6, 6.07) is 0.635. The number of rotatable bonds is 3. The molecule has 3 fully saturated rings. The Morgan fingerprint density at radius 3 is 2.78 bits per heavy atom. The molecule has 1 saturated carbocycles. The van der Waals surface area contributed by atoms with E-state index in [-0.39, 0.29) is 24.2 Å². The van der Waals surface area contributed by atoms with Crippen LogP contribution in [0.2, 0.25) is 0 Å². The highest BCUT2D eigenvalue weighted by Crippen LogP contribution is 2.27. The molecule has 2 heterocycles. The molecule has 23 heavy (non-hydrogen) atoms. The Bertz CT molecular complexity index is 400. The largest absolute Gasteiger partial charge is 0.389 e. The second-order valence-electron chi connectivity index (χ2n) is 7.33. The quantitative estimate of drug-likeness (QED) is 0.798. The molecule has 4 atom stereocenters. The second-order valence-corrected chi connectivity index (χ2v) is 7.33. The van der Waals surface area contributed by atoms with Crippen molar-refractivity contribution in [2.75, 3.05) is 26.8 Å². The summed E-state index contributed by atoms with van der Waals surface area (Å²) in [5, 5.41) is 13.0. The van der Waals surface area contributed by atoms with Gasteiger partial charge in [-0.2, -0.15) is 0 Å². The first kappa shape index (κ1) is 17.1. The van der Waals surface area contributed by atoms with Gasteiger partial charge in [-0.05, 0) is 32.7 Å². The van der Waals surface area contributed by atoms with Gasteiger partial charge in [-0.25, -0.2) is 0 Å². The van der Waals surface area contributed by atoms with Crippen LogP contribution < -0.4 is 5.32 Å². The van der Waals surface area contributed by atoms with Gasteiger partial charge in [-0.15, -0.1) is 0 Å². The molecule has 0 aromatic rings. The summed E-state index contributed by atoms with van der Waals surface area (Å²) in [7, 11) is 2.03. The third-order valence-electron chi connectivity index (χ3n) is 5.37. The van der Waals surface area contributed by atoms with Crippen LogP contribution >= 0.6 is 0 Å². The summed E-state index contributed by atoms with van der Waals surface area (Å²) >= 11 is 0. The molecule has 2 aliphatic heterocycles. The monoisotopic (exact) mass is 326 g/mol. The summed E-state index contributed by atoms with van der Waals surface area (Å²) in [4.78, 5) is 14.4. The van der Waals surface area contributed by atoms with E-state index in [4.69, 9.17) is 9.47 Å². The molecule has 2 saturated heterocycles. The number of hydrogen-bond donors (Lipinski definition) is 2. The average molecular weight is 326 g/mol. The maximum absolute atomic E-state index is 12.2. The van der Waals surface area contributed by atoms with E-state index in [9.17, 15) is 9.90 Å². The van der Waals surface area contributed by atoms with E-state index in [2.05, 4.69) is 10.2 Å². The van der Waals surface area contributed by atoms with Crippen LogP contribution in [0.25, 0.3) is 0 Å². The zero-order valence-corrected chi connectivity index (χ0v) is 14.1. The van der Waals surface area contributed by atoms with E-state index in [0.717, 1.165) is 25.7 Å². The highest BCUT2D eigenvalue weighted by molar-refractivity contribution is 5.76. The lowest BCUT2D eigenvalue weighted by Gasteiger charge is -2.43. The molecule has 3 aliphatic rings. The van der Waals surface area contributed by atoms with Crippen LogP contribution in [0.15, 0.2) is 0 Å². The van der Waals surface area contributed by atoms with Crippen LogP contribution in [0.3, 0.4) is 0 Å². The molecule has 6 heteroatoms. The first-order valence-electron chi connectivity index (χ1n) is 9.02. The summed E-state index contributed by atoms with van der Waals surface area (Å²) < 4.78 is 11.7. The van der Waals surface area contributed by atoms with Crippen LogP contribution in [0.1, 0.15) is 44.9 Å². The number of aliphatic hydroxyl groups excluding tert-OH is 1. The summed E-state index contributed by atoms with van der Waals surface area (Å²) in [6.45, 7) is 1.45. The van der Waals surface area contributed by atoms with Crippen molar-refractivity contribution in [3.63, 3.8) is 0 Å². The zero-order chi connectivity index (χ0) is 16.2. The second kappa shape index (κ2) is 7.92. The van der Waals surface area contributed by atoms with Crippen LogP contribution in [0.4, 0.5) is 0 Å². The molecule has 1 amide bonds. The third kappa shape index (κ3) is 4.66. The molecule has 0 unspecified atom stereocenters. The maximum Gasteiger partial charge on any atom is 0.222 e. The van der Waals surface area contributed by atoms with Crippen molar-refractivity contribution < 1.29 is 19.4 Å². The normalized spacial score (nSPS) is 37.0. The molecule has 6 nitrogen and oxygen atoms in total. The number of β-amino-alcohol motifs (C(OH)–C–C–N with tert-alkyl or cyclic N) is 1. The molecule has 132 valence electrons. The number of nitrogens with one attached hydrogen (secondary N) is 1. The SMILES string of the molecule is CN1C[C@H](O)COC[C@@H]2O[C@H](CC(=O)NC3CCCC3)CC[C@H]21. The van der Waals surface area contributed by atoms with Crippen molar-refractivity contribution in [3.05, 3.63) is 0 Å². The number of carbonyl (C=O) groups is 1.